The van der Waals surface area contributed by atoms with E-state index in [1.54, 1.807) is 36.2 Å². The van der Waals surface area contributed by atoms with Gasteiger partial charge in [0.15, 0.2) is 9.84 Å². The first kappa shape index (κ1) is 16.7. The highest BCUT2D eigenvalue weighted by molar-refractivity contribution is 7.91. The summed E-state index contributed by atoms with van der Waals surface area (Å²) in [6, 6.07) is 8.41. The van der Waals surface area contributed by atoms with Crippen LogP contribution in [0, 0.1) is 0 Å². The maximum Gasteiger partial charge on any atom is 0.255 e. The first-order chi connectivity index (χ1) is 11.5. The topological polar surface area (TPSA) is 83.1 Å². The first-order valence-corrected chi connectivity index (χ1v) is 9.78. The van der Waals surface area contributed by atoms with Crippen LogP contribution in [0.2, 0.25) is 0 Å². The van der Waals surface area contributed by atoms with E-state index in [-0.39, 0.29) is 28.0 Å². The minimum absolute atomic E-state index is 0.0198. The van der Waals surface area contributed by atoms with Gasteiger partial charge >= 0.3 is 0 Å². The van der Waals surface area contributed by atoms with Crippen LogP contribution in [0.4, 0.5) is 0 Å². The molecule has 0 spiro atoms. The molecule has 1 aromatic heterocycles. The summed E-state index contributed by atoms with van der Waals surface area (Å²) in [7, 11) is -3.43. The molecule has 3 rings (SSSR count). The fourth-order valence-electron chi connectivity index (χ4n) is 3.15. The average Bonchev–Trinajstić information content (AvgIpc) is 3.16. The minimum atomic E-state index is -3.43. The van der Waals surface area contributed by atoms with E-state index in [1.807, 2.05) is 6.07 Å². The second kappa shape index (κ2) is 6.76. The van der Waals surface area contributed by atoms with Crippen LogP contribution in [0.15, 0.2) is 41.4 Å². The van der Waals surface area contributed by atoms with Gasteiger partial charge in [-0.15, -0.1) is 0 Å². The molecule has 2 heterocycles. The van der Waals surface area contributed by atoms with Crippen LogP contribution in [0.1, 0.15) is 41.7 Å². The third-order valence-corrected chi connectivity index (χ3v) is 6.29. The van der Waals surface area contributed by atoms with Gasteiger partial charge in [0.2, 0.25) is 0 Å². The Morgan fingerprint density at radius 1 is 1.33 bits per heavy atom. The number of amides is 1. The van der Waals surface area contributed by atoms with Crippen molar-refractivity contribution >= 4 is 15.7 Å². The van der Waals surface area contributed by atoms with E-state index in [9.17, 15) is 13.2 Å². The van der Waals surface area contributed by atoms with Crippen molar-refractivity contribution in [1.29, 1.82) is 0 Å². The number of carbonyl (C=O) groups is 1. The summed E-state index contributed by atoms with van der Waals surface area (Å²) >= 11 is 0. The second-order valence-corrected chi connectivity index (χ2v) is 8.25. The van der Waals surface area contributed by atoms with Crippen molar-refractivity contribution in [3.8, 4) is 0 Å². The van der Waals surface area contributed by atoms with Gasteiger partial charge in [-0.3, -0.25) is 9.89 Å². The lowest BCUT2D eigenvalue weighted by Gasteiger charge is -2.32. The molecule has 2 aromatic rings. The van der Waals surface area contributed by atoms with Crippen molar-refractivity contribution in [3.63, 3.8) is 0 Å². The Morgan fingerprint density at radius 3 is 2.83 bits per heavy atom. The van der Waals surface area contributed by atoms with Gasteiger partial charge in [-0.2, -0.15) is 5.10 Å². The largest absolute Gasteiger partial charge is 0.338 e. The van der Waals surface area contributed by atoms with E-state index in [0.717, 1.165) is 18.5 Å². The number of likely N-dealkylation sites (tertiary alicyclic amines) is 1. The Bertz CT molecular complexity index is 815. The number of nitrogens with zero attached hydrogens (tertiary/aromatic N) is 2. The van der Waals surface area contributed by atoms with E-state index in [4.69, 9.17) is 0 Å². The summed E-state index contributed by atoms with van der Waals surface area (Å²) < 4.78 is 24.6. The molecule has 7 heteroatoms. The number of piperidine rings is 1. The highest BCUT2D eigenvalue weighted by atomic mass is 32.2. The number of nitrogens with one attached hydrogen (secondary N) is 1. The zero-order valence-electron chi connectivity index (χ0n) is 13.6. The van der Waals surface area contributed by atoms with E-state index in [2.05, 4.69) is 10.2 Å². The average molecular weight is 347 g/mol. The van der Waals surface area contributed by atoms with Gasteiger partial charge in [0.1, 0.15) is 0 Å². The molecule has 0 radical (unpaired) electrons. The summed E-state index contributed by atoms with van der Waals surface area (Å²) in [5.74, 6) is -0.0272. The Morgan fingerprint density at radius 2 is 2.12 bits per heavy atom. The second-order valence-electron chi connectivity index (χ2n) is 6.00. The number of carbonyl (C=O) groups excluding carboxylic acids is 1. The molecule has 24 heavy (non-hydrogen) atoms. The normalized spacial score (nSPS) is 18.5. The number of H-pyrrole nitrogens is 1. The van der Waals surface area contributed by atoms with Gasteiger partial charge in [0, 0.05) is 30.9 Å². The van der Waals surface area contributed by atoms with Crippen molar-refractivity contribution < 1.29 is 13.2 Å². The van der Waals surface area contributed by atoms with Crippen molar-refractivity contribution in [2.75, 3.05) is 18.8 Å². The molecule has 1 N–H and O–H groups in total. The zero-order chi connectivity index (χ0) is 17.2. The van der Waals surface area contributed by atoms with Gasteiger partial charge < -0.3 is 4.90 Å². The molecule has 1 atom stereocenters. The third kappa shape index (κ3) is 3.21. The highest BCUT2D eigenvalue weighted by Crippen LogP contribution is 2.27. The Labute approximate surface area is 141 Å². The molecule has 6 nitrogen and oxygen atoms in total. The highest BCUT2D eigenvalue weighted by Gasteiger charge is 2.29. The molecule has 1 aliphatic rings. The van der Waals surface area contributed by atoms with Crippen LogP contribution in [0.25, 0.3) is 0 Å². The number of hydrogen-bond acceptors (Lipinski definition) is 4. The molecular formula is C17H21N3O3S. The number of hydrogen-bond donors (Lipinski definition) is 1. The molecule has 1 aliphatic heterocycles. The molecule has 1 saturated heterocycles. The molecule has 0 bridgehead atoms. The van der Waals surface area contributed by atoms with Crippen LogP contribution in [-0.2, 0) is 9.84 Å². The number of rotatable bonds is 4. The monoisotopic (exact) mass is 347 g/mol. The maximum atomic E-state index is 12.9. The van der Waals surface area contributed by atoms with Gasteiger partial charge in [-0.05, 0) is 31.0 Å². The fourth-order valence-corrected chi connectivity index (χ4v) is 4.24. The van der Waals surface area contributed by atoms with Crippen LogP contribution >= 0.6 is 0 Å². The molecular weight excluding hydrogens is 326 g/mol. The minimum Gasteiger partial charge on any atom is -0.338 e. The Balaban J connectivity index is 1.87. The maximum absolute atomic E-state index is 12.9. The van der Waals surface area contributed by atoms with E-state index >= 15 is 0 Å². The van der Waals surface area contributed by atoms with Crippen molar-refractivity contribution in [1.82, 2.24) is 15.1 Å². The van der Waals surface area contributed by atoms with Gasteiger partial charge in [0.25, 0.3) is 5.91 Å². The van der Waals surface area contributed by atoms with Crippen LogP contribution in [0.3, 0.4) is 0 Å². The Kier molecular flexibility index (Phi) is 4.71. The molecule has 1 fully saturated rings. The number of aromatic amines is 1. The standard InChI is InChI=1S/C17H21N3O3S/c1-2-24(22,23)16-8-4-3-7-14(16)17(21)20-11-5-6-13(12-20)15-9-10-18-19-15/h3-4,7-10,13H,2,5-6,11-12H2,1H3,(H,18,19). The Hall–Kier alpha value is -2.15. The lowest BCUT2D eigenvalue weighted by Crippen LogP contribution is -2.39. The third-order valence-electron chi connectivity index (χ3n) is 4.50. The van der Waals surface area contributed by atoms with Crippen LogP contribution < -0.4 is 0 Å². The summed E-state index contributed by atoms with van der Waals surface area (Å²) in [4.78, 5) is 14.8. The molecule has 128 valence electrons. The van der Waals surface area contributed by atoms with Crippen molar-refractivity contribution in [2.24, 2.45) is 0 Å². The summed E-state index contributed by atoms with van der Waals surface area (Å²) in [5, 5.41) is 6.94. The van der Waals surface area contributed by atoms with Crippen LogP contribution in [-0.4, -0.2) is 48.3 Å². The number of sulfone groups is 1. The van der Waals surface area contributed by atoms with Gasteiger partial charge in [0.05, 0.1) is 16.2 Å². The predicted octanol–water partition coefficient (Wildman–Crippen LogP) is 2.22. The SMILES string of the molecule is CCS(=O)(=O)c1ccccc1C(=O)N1CCCC(c2ccn[nH]2)C1. The van der Waals surface area contributed by atoms with E-state index in [1.165, 1.54) is 6.07 Å². The van der Waals surface area contributed by atoms with Crippen molar-refractivity contribution in [2.45, 2.75) is 30.6 Å². The van der Waals surface area contributed by atoms with Gasteiger partial charge in [-0.25, -0.2) is 8.42 Å². The van der Waals surface area contributed by atoms with E-state index < -0.39 is 9.84 Å². The molecule has 0 saturated carbocycles. The summed E-state index contributed by atoms with van der Waals surface area (Å²) in [6.07, 6.45) is 3.58. The zero-order valence-corrected chi connectivity index (χ0v) is 14.4. The molecule has 1 aromatic carbocycles. The lowest BCUT2D eigenvalue weighted by molar-refractivity contribution is 0.0702. The summed E-state index contributed by atoms with van der Waals surface area (Å²) in [6.45, 7) is 2.80. The first-order valence-electron chi connectivity index (χ1n) is 8.13. The van der Waals surface area contributed by atoms with Gasteiger partial charge in [-0.1, -0.05) is 19.1 Å². The predicted molar refractivity (Wildman–Crippen MR) is 90.6 cm³/mol. The lowest BCUT2D eigenvalue weighted by atomic mass is 9.94. The quantitative estimate of drug-likeness (QED) is 0.919. The fraction of sp³-hybridized carbons (Fsp3) is 0.412. The summed E-state index contributed by atoms with van der Waals surface area (Å²) in [5.41, 5.74) is 1.28. The molecule has 1 unspecified atom stereocenters. The van der Waals surface area contributed by atoms with Crippen molar-refractivity contribution in [3.05, 3.63) is 47.8 Å². The van der Waals surface area contributed by atoms with Crippen LogP contribution in [0.5, 0.6) is 0 Å². The molecule has 0 aliphatic carbocycles. The molecule has 1 amide bonds. The number of aromatic nitrogens is 2. The smallest absolute Gasteiger partial charge is 0.255 e. The van der Waals surface area contributed by atoms with E-state index in [0.29, 0.717) is 13.1 Å². The number of benzene rings is 1.